The highest BCUT2D eigenvalue weighted by molar-refractivity contribution is 5.97. The van der Waals surface area contributed by atoms with Crippen molar-refractivity contribution in [3.63, 3.8) is 0 Å². The summed E-state index contributed by atoms with van der Waals surface area (Å²) in [5.41, 5.74) is 1.60. The van der Waals surface area contributed by atoms with Gasteiger partial charge >= 0.3 is 0 Å². The molecule has 0 unspecified atom stereocenters. The molecule has 1 aliphatic heterocycles. The quantitative estimate of drug-likeness (QED) is 0.601. The molecule has 0 saturated carbocycles. The van der Waals surface area contributed by atoms with Crippen LogP contribution < -0.4 is 14.5 Å². The number of benzene rings is 2. The Hall–Kier alpha value is -3.19. The van der Waals surface area contributed by atoms with E-state index in [1.165, 1.54) is 0 Å². The van der Waals surface area contributed by atoms with Gasteiger partial charge in [-0.15, -0.1) is 0 Å². The van der Waals surface area contributed by atoms with Crippen molar-refractivity contribution in [2.24, 2.45) is 0 Å². The van der Waals surface area contributed by atoms with E-state index in [2.05, 4.69) is 4.90 Å². The van der Waals surface area contributed by atoms with E-state index in [4.69, 9.17) is 19.4 Å². The predicted octanol–water partition coefficient (Wildman–Crippen LogP) is 2.90. The Labute approximate surface area is 169 Å². The molecule has 1 aliphatic rings. The minimum atomic E-state index is -0.120. The van der Waals surface area contributed by atoms with Gasteiger partial charge in [-0.05, 0) is 30.7 Å². The Kier molecular flexibility index (Phi) is 5.86. The largest absolute Gasteiger partial charge is 0.491 e. The summed E-state index contributed by atoms with van der Waals surface area (Å²) in [6, 6.07) is 17.2. The van der Waals surface area contributed by atoms with Crippen LogP contribution >= 0.6 is 0 Å². The highest BCUT2D eigenvalue weighted by atomic mass is 16.5. The van der Waals surface area contributed by atoms with Gasteiger partial charge in [-0.3, -0.25) is 9.69 Å². The number of para-hydroxylation sites is 3. The maximum atomic E-state index is 12.9. The van der Waals surface area contributed by atoms with Crippen molar-refractivity contribution in [2.75, 3.05) is 49.8 Å². The van der Waals surface area contributed by atoms with E-state index in [1.807, 2.05) is 61.6 Å². The van der Waals surface area contributed by atoms with Crippen molar-refractivity contribution in [2.45, 2.75) is 6.42 Å². The molecule has 0 atom stereocenters. The molecule has 0 bridgehead atoms. The van der Waals surface area contributed by atoms with Gasteiger partial charge in [-0.1, -0.05) is 30.3 Å². The number of ether oxygens (including phenoxy) is 2. The van der Waals surface area contributed by atoms with Crippen LogP contribution in [0.5, 0.6) is 5.75 Å². The molecule has 3 aromatic rings. The SMILES string of the molecule is CN1CCCN(C(=O)COCCOc2ccccc2)c2nc3ccccc3nc21. The van der Waals surface area contributed by atoms with Gasteiger partial charge < -0.3 is 14.4 Å². The van der Waals surface area contributed by atoms with Crippen LogP contribution in [0, 0.1) is 0 Å². The van der Waals surface area contributed by atoms with E-state index >= 15 is 0 Å². The van der Waals surface area contributed by atoms with Gasteiger partial charge in [0.05, 0.1) is 17.6 Å². The molecule has 4 rings (SSSR count). The van der Waals surface area contributed by atoms with Crippen molar-refractivity contribution >= 4 is 28.6 Å². The maximum Gasteiger partial charge on any atom is 0.254 e. The third-order valence-electron chi connectivity index (χ3n) is 4.79. The van der Waals surface area contributed by atoms with E-state index in [0.29, 0.717) is 25.6 Å². The van der Waals surface area contributed by atoms with Gasteiger partial charge in [0.15, 0.2) is 11.6 Å². The Bertz CT molecular complexity index is 980. The third-order valence-corrected chi connectivity index (χ3v) is 4.79. The van der Waals surface area contributed by atoms with Crippen LogP contribution in [0.4, 0.5) is 11.6 Å². The lowest BCUT2D eigenvalue weighted by Crippen LogP contribution is -2.35. The van der Waals surface area contributed by atoms with Crippen LogP contribution in [-0.4, -0.2) is 55.8 Å². The number of nitrogens with zero attached hydrogens (tertiary/aromatic N) is 4. The normalized spacial score (nSPS) is 13.8. The van der Waals surface area contributed by atoms with Crippen LogP contribution in [-0.2, 0) is 9.53 Å². The number of fused-ring (bicyclic) bond motifs is 2. The van der Waals surface area contributed by atoms with Gasteiger partial charge in [-0.2, -0.15) is 0 Å². The number of hydrogen-bond acceptors (Lipinski definition) is 6. The molecule has 0 radical (unpaired) electrons. The van der Waals surface area contributed by atoms with Crippen molar-refractivity contribution in [1.82, 2.24) is 9.97 Å². The summed E-state index contributed by atoms with van der Waals surface area (Å²) in [6.45, 7) is 2.12. The standard InChI is InChI=1S/C22H24N4O3/c1-25-12-7-13-26(22-21(25)23-18-10-5-6-11-19(18)24-22)20(27)16-28-14-15-29-17-8-3-2-4-9-17/h2-6,8-11H,7,12-16H2,1H3. The van der Waals surface area contributed by atoms with Crippen molar-refractivity contribution in [1.29, 1.82) is 0 Å². The second-order valence-corrected chi connectivity index (χ2v) is 6.89. The smallest absolute Gasteiger partial charge is 0.254 e. The van der Waals surface area contributed by atoms with E-state index in [1.54, 1.807) is 4.90 Å². The Morgan fingerprint density at radius 2 is 1.62 bits per heavy atom. The van der Waals surface area contributed by atoms with E-state index in [9.17, 15) is 4.79 Å². The number of amides is 1. The van der Waals surface area contributed by atoms with Crippen LogP contribution in [0.3, 0.4) is 0 Å². The summed E-state index contributed by atoms with van der Waals surface area (Å²) >= 11 is 0. The average molecular weight is 392 g/mol. The topological polar surface area (TPSA) is 67.8 Å². The number of rotatable bonds is 6. The highest BCUT2D eigenvalue weighted by Crippen LogP contribution is 2.30. The van der Waals surface area contributed by atoms with Gasteiger partial charge in [0.25, 0.3) is 5.91 Å². The number of aromatic nitrogens is 2. The number of carbonyl (C=O) groups excluding carboxylic acids is 1. The van der Waals surface area contributed by atoms with Gasteiger partial charge in [-0.25, -0.2) is 9.97 Å². The highest BCUT2D eigenvalue weighted by Gasteiger charge is 2.26. The maximum absolute atomic E-state index is 12.9. The van der Waals surface area contributed by atoms with Crippen LogP contribution in [0.25, 0.3) is 11.0 Å². The monoisotopic (exact) mass is 392 g/mol. The summed E-state index contributed by atoms with van der Waals surface area (Å²) < 4.78 is 11.2. The molecule has 150 valence electrons. The average Bonchev–Trinajstić information content (AvgIpc) is 2.91. The lowest BCUT2D eigenvalue weighted by Gasteiger charge is -2.22. The Morgan fingerprint density at radius 3 is 2.38 bits per heavy atom. The van der Waals surface area contributed by atoms with Crippen LogP contribution in [0.2, 0.25) is 0 Å². The molecule has 1 amide bonds. The molecule has 2 heterocycles. The Balaban J connectivity index is 1.41. The molecule has 1 aromatic heterocycles. The molecule has 0 aliphatic carbocycles. The first-order valence-electron chi connectivity index (χ1n) is 9.76. The van der Waals surface area contributed by atoms with Crippen LogP contribution in [0.1, 0.15) is 6.42 Å². The zero-order chi connectivity index (χ0) is 20.1. The summed E-state index contributed by atoms with van der Waals surface area (Å²) in [7, 11) is 1.98. The van der Waals surface area contributed by atoms with E-state index < -0.39 is 0 Å². The molecule has 29 heavy (non-hydrogen) atoms. The fourth-order valence-corrected chi connectivity index (χ4v) is 3.31. The third kappa shape index (κ3) is 4.46. The minimum absolute atomic E-state index is 0.0180. The van der Waals surface area contributed by atoms with E-state index in [-0.39, 0.29) is 12.5 Å². The fourth-order valence-electron chi connectivity index (χ4n) is 3.31. The van der Waals surface area contributed by atoms with Crippen molar-refractivity contribution in [3.8, 4) is 5.75 Å². The second-order valence-electron chi connectivity index (χ2n) is 6.89. The zero-order valence-electron chi connectivity index (χ0n) is 16.5. The summed E-state index contributed by atoms with van der Waals surface area (Å²) in [4.78, 5) is 26.1. The fraction of sp³-hybridized carbons (Fsp3) is 0.318. The molecule has 7 nitrogen and oxygen atoms in total. The van der Waals surface area contributed by atoms with Crippen molar-refractivity contribution in [3.05, 3.63) is 54.6 Å². The molecular formula is C22H24N4O3. The molecule has 7 heteroatoms. The van der Waals surface area contributed by atoms with Gasteiger partial charge in [0, 0.05) is 20.1 Å². The van der Waals surface area contributed by atoms with Gasteiger partial charge in [0.2, 0.25) is 0 Å². The van der Waals surface area contributed by atoms with E-state index in [0.717, 1.165) is 35.6 Å². The molecule has 2 aromatic carbocycles. The molecule has 0 fully saturated rings. The van der Waals surface area contributed by atoms with Crippen LogP contribution in [0.15, 0.2) is 54.6 Å². The summed E-state index contributed by atoms with van der Waals surface area (Å²) in [5, 5.41) is 0. The number of carbonyl (C=O) groups is 1. The first-order valence-corrected chi connectivity index (χ1v) is 9.76. The molecule has 0 saturated heterocycles. The lowest BCUT2D eigenvalue weighted by molar-refractivity contribution is -0.123. The first kappa shape index (κ1) is 19.1. The molecule has 0 spiro atoms. The van der Waals surface area contributed by atoms with Gasteiger partial charge in [0.1, 0.15) is 19.0 Å². The lowest BCUT2D eigenvalue weighted by atomic mass is 10.3. The first-order chi connectivity index (χ1) is 14.2. The number of hydrogen-bond donors (Lipinski definition) is 0. The zero-order valence-corrected chi connectivity index (χ0v) is 16.5. The number of anilines is 2. The summed E-state index contributed by atoms with van der Waals surface area (Å²) in [5.74, 6) is 1.99. The minimum Gasteiger partial charge on any atom is -0.491 e. The molecular weight excluding hydrogens is 368 g/mol. The van der Waals surface area contributed by atoms with Crippen molar-refractivity contribution < 1.29 is 14.3 Å². The second kappa shape index (κ2) is 8.87. The summed E-state index contributed by atoms with van der Waals surface area (Å²) in [6.07, 6.45) is 0.841. The molecule has 0 N–H and O–H groups in total. The Morgan fingerprint density at radius 1 is 0.931 bits per heavy atom. The predicted molar refractivity (Wildman–Crippen MR) is 113 cm³/mol.